The first kappa shape index (κ1) is 23.3. The van der Waals surface area contributed by atoms with Crippen molar-refractivity contribution in [2.24, 2.45) is 4.99 Å². The number of allylic oxidation sites excluding steroid dienone is 1. The van der Waals surface area contributed by atoms with Gasteiger partial charge in [0.25, 0.3) is 5.56 Å². The number of esters is 1. The van der Waals surface area contributed by atoms with Crippen molar-refractivity contribution in [2.75, 3.05) is 6.61 Å². The minimum absolute atomic E-state index is 0.211. The van der Waals surface area contributed by atoms with Gasteiger partial charge in [0.05, 0.1) is 22.4 Å². The molecule has 0 spiro atoms. The fourth-order valence-corrected chi connectivity index (χ4v) is 5.64. The molecule has 3 heterocycles. The van der Waals surface area contributed by atoms with Crippen molar-refractivity contribution in [1.29, 1.82) is 0 Å². The van der Waals surface area contributed by atoms with E-state index >= 15 is 0 Å². The van der Waals surface area contributed by atoms with Crippen LogP contribution in [-0.4, -0.2) is 23.2 Å². The Balaban J connectivity index is 1.71. The van der Waals surface area contributed by atoms with Gasteiger partial charge in [0.1, 0.15) is 17.9 Å². The van der Waals surface area contributed by atoms with Gasteiger partial charge >= 0.3 is 5.97 Å². The van der Waals surface area contributed by atoms with Crippen molar-refractivity contribution < 1.29 is 14.3 Å². The van der Waals surface area contributed by atoms with E-state index in [0.29, 0.717) is 31.2 Å². The first-order valence-electron chi connectivity index (χ1n) is 11.3. The van der Waals surface area contributed by atoms with Gasteiger partial charge < -0.3 is 9.47 Å². The molecule has 8 heteroatoms. The molecule has 2 atom stereocenters. The van der Waals surface area contributed by atoms with Crippen LogP contribution >= 0.6 is 22.9 Å². The van der Waals surface area contributed by atoms with Crippen molar-refractivity contribution in [3.05, 3.63) is 101 Å². The molecule has 178 valence electrons. The summed E-state index contributed by atoms with van der Waals surface area (Å²) in [6.07, 6.45) is 3.65. The van der Waals surface area contributed by atoms with Crippen molar-refractivity contribution in [3.63, 3.8) is 0 Å². The number of thiazole rings is 1. The number of ether oxygens (including phenoxy) is 2. The highest BCUT2D eigenvalue weighted by atomic mass is 35.5. The molecule has 5 rings (SSSR count). The molecule has 35 heavy (non-hydrogen) atoms. The molecule has 0 amide bonds. The minimum Gasteiger partial charge on any atom is -0.485 e. The monoisotopic (exact) mass is 506 g/mol. The van der Waals surface area contributed by atoms with Crippen LogP contribution in [0, 0.1) is 0 Å². The molecule has 0 fully saturated rings. The number of aromatic nitrogens is 1. The number of fused-ring (bicyclic) bond motifs is 2. The fraction of sp³-hybridized carbons (Fsp3) is 0.222. The lowest BCUT2D eigenvalue weighted by atomic mass is 9.96. The molecule has 1 aromatic heterocycles. The van der Waals surface area contributed by atoms with Crippen LogP contribution < -0.4 is 19.6 Å². The van der Waals surface area contributed by atoms with Crippen LogP contribution in [0.15, 0.2) is 75.2 Å². The van der Waals surface area contributed by atoms with Crippen LogP contribution in [0.1, 0.15) is 37.9 Å². The summed E-state index contributed by atoms with van der Waals surface area (Å²) in [5.74, 6) is 0.300. The molecule has 2 unspecified atom stereocenters. The van der Waals surface area contributed by atoms with Gasteiger partial charge in [0.15, 0.2) is 4.80 Å². The van der Waals surface area contributed by atoms with E-state index in [2.05, 4.69) is 4.99 Å². The van der Waals surface area contributed by atoms with E-state index in [1.54, 1.807) is 24.5 Å². The molecule has 6 nitrogen and oxygen atoms in total. The normalized spacial score (nSPS) is 19.3. The van der Waals surface area contributed by atoms with Crippen molar-refractivity contribution in [1.82, 2.24) is 4.57 Å². The molecule has 0 bridgehead atoms. The zero-order valence-corrected chi connectivity index (χ0v) is 21.0. The second-order valence-electron chi connectivity index (χ2n) is 8.27. The lowest BCUT2D eigenvalue weighted by Crippen LogP contribution is -2.40. The quantitative estimate of drug-likeness (QED) is 0.496. The Bertz CT molecular complexity index is 1580. The van der Waals surface area contributed by atoms with Gasteiger partial charge in [-0.1, -0.05) is 59.3 Å². The topological polar surface area (TPSA) is 69.9 Å². The Morgan fingerprint density at radius 2 is 1.97 bits per heavy atom. The molecule has 0 saturated carbocycles. The van der Waals surface area contributed by atoms with Gasteiger partial charge in [-0.3, -0.25) is 9.36 Å². The van der Waals surface area contributed by atoms with Crippen LogP contribution in [0.3, 0.4) is 0 Å². The van der Waals surface area contributed by atoms with Crippen LogP contribution in [-0.2, 0) is 9.53 Å². The van der Waals surface area contributed by atoms with E-state index < -0.39 is 12.0 Å². The number of carbonyl (C=O) groups is 1. The molecule has 0 N–H and O–H groups in total. The summed E-state index contributed by atoms with van der Waals surface area (Å²) in [4.78, 5) is 31.9. The first-order chi connectivity index (χ1) is 16.9. The van der Waals surface area contributed by atoms with Gasteiger partial charge in [0.2, 0.25) is 0 Å². The van der Waals surface area contributed by atoms with E-state index in [4.69, 9.17) is 21.1 Å². The second kappa shape index (κ2) is 9.32. The highest BCUT2D eigenvalue weighted by Gasteiger charge is 2.34. The summed E-state index contributed by atoms with van der Waals surface area (Å²) >= 11 is 7.83. The third-order valence-electron chi connectivity index (χ3n) is 6.03. The van der Waals surface area contributed by atoms with Crippen molar-refractivity contribution in [3.8, 4) is 5.75 Å². The van der Waals surface area contributed by atoms with Crippen LogP contribution in [0.2, 0.25) is 5.02 Å². The average Bonchev–Trinajstić information content (AvgIpc) is 3.13. The standard InChI is InChI=1S/C27H23ClN2O4S/c1-4-33-26(32)23-15(2)29-27-30(24(23)19-10-6-7-11-20(19)28)25(31)22(35-27)14-18-13-17-9-5-8-12-21(17)34-16(18)3/h5-14,16,24H,4H2,1-3H3/b22-14-. The number of carbonyl (C=O) groups excluding carboxylic acids is 1. The maximum absolute atomic E-state index is 13.8. The Kier molecular flexibility index (Phi) is 6.21. The predicted octanol–water partition coefficient (Wildman–Crippen LogP) is 4.27. The van der Waals surface area contributed by atoms with Crippen molar-refractivity contribution >= 4 is 41.1 Å². The van der Waals surface area contributed by atoms with Crippen LogP contribution in [0.25, 0.3) is 12.2 Å². The molecular formula is C27H23ClN2O4S. The van der Waals surface area contributed by atoms with E-state index in [9.17, 15) is 9.59 Å². The first-order valence-corrected chi connectivity index (χ1v) is 12.5. The van der Waals surface area contributed by atoms with Crippen LogP contribution in [0.4, 0.5) is 0 Å². The molecule has 0 saturated heterocycles. The number of hydrogen-bond acceptors (Lipinski definition) is 6. The Morgan fingerprint density at radius 1 is 1.23 bits per heavy atom. The summed E-state index contributed by atoms with van der Waals surface area (Å²) in [5.41, 5.74) is 3.04. The molecule has 2 aliphatic rings. The zero-order chi connectivity index (χ0) is 24.7. The van der Waals surface area contributed by atoms with Gasteiger partial charge in [-0.15, -0.1) is 0 Å². The number of hydrogen-bond donors (Lipinski definition) is 0. The van der Waals surface area contributed by atoms with Crippen LogP contribution in [0.5, 0.6) is 5.75 Å². The number of halogens is 1. The molecule has 0 aliphatic carbocycles. The van der Waals surface area contributed by atoms with E-state index in [1.807, 2.05) is 61.5 Å². The summed E-state index contributed by atoms with van der Waals surface area (Å²) in [6, 6.07) is 14.2. The number of benzene rings is 2. The molecule has 2 aromatic carbocycles. The molecule has 3 aromatic rings. The summed E-state index contributed by atoms with van der Waals surface area (Å²) in [7, 11) is 0. The Morgan fingerprint density at radius 3 is 2.74 bits per heavy atom. The van der Waals surface area contributed by atoms with E-state index in [1.165, 1.54) is 11.3 Å². The lowest BCUT2D eigenvalue weighted by molar-refractivity contribution is -0.139. The average molecular weight is 507 g/mol. The third-order valence-corrected chi connectivity index (χ3v) is 7.36. The Hall–Kier alpha value is -3.42. The van der Waals surface area contributed by atoms with Gasteiger partial charge in [-0.25, -0.2) is 9.79 Å². The minimum atomic E-state index is -0.740. The van der Waals surface area contributed by atoms with Gasteiger partial charge in [-0.05, 0) is 56.2 Å². The van der Waals surface area contributed by atoms with Gasteiger partial charge in [0, 0.05) is 10.6 Å². The smallest absolute Gasteiger partial charge is 0.338 e. The highest BCUT2D eigenvalue weighted by Crippen LogP contribution is 2.34. The number of para-hydroxylation sites is 1. The molecule has 2 aliphatic heterocycles. The summed E-state index contributed by atoms with van der Waals surface area (Å²) in [5, 5.41) is 0.456. The second-order valence-corrected chi connectivity index (χ2v) is 9.68. The molecule has 0 radical (unpaired) electrons. The summed E-state index contributed by atoms with van der Waals surface area (Å²) < 4.78 is 13.4. The fourth-order valence-electron chi connectivity index (χ4n) is 4.36. The zero-order valence-electron chi connectivity index (χ0n) is 19.4. The van der Waals surface area contributed by atoms with E-state index in [0.717, 1.165) is 16.9 Å². The SMILES string of the molecule is CCOC(=O)C1=C(C)N=c2s/c(=C\C3=Cc4ccccc4OC3C)c(=O)n2C1c1ccccc1Cl. The maximum atomic E-state index is 13.8. The highest BCUT2D eigenvalue weighted by molar-refractivity contribution is 7.07. The lowest BCUT2D eigenvalue weighted by Gasteiger charge is -2.25. The largest absolute Gasteiger partial charge is 0.485 e. The maximum Gasteiger partial charge on any atom is 0.338 e. The third kappa shape index (κ3) is 4.15. The van der Waals surface area contributed by atoms with Crippen molar-refractivity contribution in [2.45, 2.75) is 32.9 Å². The Labute approximate surface area is 211 Å². The predicted molar refractivity (Wildman–Crippen MR) is 137 cm³/mol. The van der Waals surface area contributed by atoms with E-state index in [-0.39, 0.29) is 18.3 Å². The number of rotatable bonds is 4. The van der Waals surface area contributed by atoms with Gasteiger partial charge in [-0.2, -0.15) is 0 Å². The summed E-state index contributed by atoms with van der Waals surface area (Å²) in [6.45, 7) is 5.66. The number of nitrogens with zero attached hydrogens (tertiary/aromatic N) is 2. The molecular weight excluding hydrogens is 484 g/mol.